The number of hydrogen-bond acceptors (Lipinski definition) is 3. The van der Waals surface area contributed by atoms with Gasteiger partial charge in [0.1, 0.15) is 5.75 Å². The number of benzene rings is 1. The summed E-state index contributed by atoms with van der Waals surface area (Å²) < 4.78 is 5.18. The first-order valence-corrected chi connectivity index (χ1v) is 7.24. The van der Waals surface area contributed by atoms with Crippen LogP contribution in [0.5, 0.6) is 5.75 Å². The summed E-state index contributed by atoms with van der Waals surface area (Å²) in [6, 6.07) is 8.02. The number of carbonyl (C=O) groups is 1. The number of rotatable bonds is 5. The van der Waals surface area contributed by atoms with Gasteiger partial charge in [0.25, 0.3) is 0 Å². The number of nitrogens with one attached hydrogen (secondary N) is 2. The lowest BCUT2D eigenvalue weighted by molar-refractivity contribution is -0.124. The topological polar surface area (TPSA) is 50.4 Å². The molecular formula is C16H24N2O2. The Balaban J connectivity index is 2.04. The van der Waals surface area contributed by atoms with Crippen LogP contribution in [-0.4, -0.2) is 32.7 Å². The first-order valence-electron chi connectivity index (χ1n) is 7.24. The zero-order valence-corrected chi connectivity index (χ0v) is 12.5. The van der Waals surface area contributed by atoms with Gasteiger partial charge in [-0.25, -0.2) is 0 Å². The lowest BCUT2D eigenvalue weighted by atomic mass is 9.88. The fourth-order valence-electron chi connectivity index (χ4n) is 2.59. The first-order chi connectivity index (χ1) is 9.61. The Morgan fingerprint density at radius 2 is 2.05 bits per heavy atom. The third-order valence-electron chi connectivity index (χ3n) is 3.78. The summed E-state index contributed by atoms with van der Waals surface area (Å²) in [5.41, 5.74) is 1.19. The molecule has 0 saturated carbocycles. The Hall–Kier alpha value is -1.55. The number of hydrogen-bond donors (Lipinski definition) is 2. The van der Waals surface area contributed by atoms with Gasteiger partial charge in [-0.1, -0.05) is 26.0 Å². The summed E-state index contributed by atoms with van der Waals surface area (Å²) in [6.45, 7) is 6.56. The molecule has 110 valence electrons. The van der Waals surface area contributed by atoms with Crippen LogP contribution < -0.4 is 15.4 Å². The summed E-state index contributed by atoms with van der Waals surface area (Å²) >= 11 is 0. The molecule has 1 saturated heterocycles. The van der Waals surface area contributed by atoms with Crippen LogP contribution in [0.15, 0.2) is 24.3 Å². The molecule has 1 aliphatic rings. The highest BCUT2D eigenvalue weighted by Crippen LogP contribution is 2.29. The third-order valence-corrected chi connectivity index (χ3v) is 3.78. The van der Waals surface area contributed by atoms with Crippen LogP contribution in [0.2, 0.25) is 0 Å². The van der Waals surface area contributed by atoms with Crippen molar-refractivity contribution in [1.29, 1.82) is 0 Å². The molecule has 2 rings (SSSR count). The molecule has 2 atom stereocenters. The fourth-order valence-corrected chi connectivity index (χ4v) is 2.59. The molecule has 0 aromatic heterocycles. The lowest BCUT2D eigenvalue weighted by Gasteiger charge is -2.19. The third kappa shape index (κ3) is 3.51. The van der Waals surface area contributed by atoms with Crippen molar-refractivity contribution in [3.63, 3.8) is 0 Å². The van der Waals surface area contributed by atoms with E-state index in [-0.39, 0.29) is 17.7 Å². The first kappa shape index (κ1) is 14.9. The normalized spacial score (nSPS) is 22.0. The minimum absolute atomic E-state index is 0.0159. The van der Waals surface area contributed by atoms with Gasteiger partial charge < -0.3 is 15.4 Å². The van der Waals surface area contributed by atoms with Crippen molar-refractivity contribution in [3.05, 3.63) is 29.8 Å². The molecule has 4 heteroatoms. The van der Waals surface area contributed by atoms with Crippen LogP contribution >= 0.6 is 0 Å². The zero-order chi connectivity index (χ0) is 14.5. The standard InChI is InChI=1S/C16H24N2O2/c1-11(2)8-18-16(19)15-10-17-9-14(15)12-4-6-13(20-3)7-5-12/h4-7,11,14-15,17H,8-10H2,1-3H3,(H,18,19). The second-order valence-electron chi connectivity index (χ2n) is 5.78. The molecule has 2 unspecified atom stereocenters. The number of methoxy groups -OCH3 is 1. The second kappa shape index (κ2) is 6.75. The number of carbonyl (C=O) groups excluding carboxylic acids is 1. The quantitative estimate of drug-likeness (QED) is 0.862. The van der Waals surface area contributed by atoms with Crippen molar-refractivity contribution >= 4 is 5.91 Å². The van der Waals surface area contributed by atoms with Crippen molar-refractivity contribution < 1.29 is 9.53 Å². The minimum Gasteiger partial charge on any atom is -0.497 e. The monoisotopic (exact) mass is 276 g/mol. The van der Waals surface area contributed by atoms with Gasteiger partial charge in [-0.3, -0.25) is 4.79 Å². The molecule has 0 radical (unpaired) electrons. The Kier molecular flexibility index (Phi) is 5.01. The van der Waals surface area contributed by atoms with E-state index in [2.05, 4.69) is 36.6 Å². The van der Waals surface area contributed by atoms with Crippen LogP contribution in [-0.2, 0) is 4.79 Å². The van der Waals surface area contributed by atoms with Crippen molar-refractivity contribution in [2.75, 3.05) is 26.7 Å². The number of ether oxygens (including phenoxy) is 1. The van der Waals surface area contributed by atoms with Gasteiger partial charge in [0.05, 0.1) is 13.0 Å². The molecule has 1 amide bonds. The molecule has 0 aliphatic carbocycles. The summed E-state index contributed by atoms with van der Waals surface area (Å²) in [4.78, 5) is 12.3. The molecule has 0 bridgehead atoms. The maximum atomic E-state index is 12.3. The molecule has 20 heavy (non-hydrogen) atoms. The van der Waals surface area contributed by atoms with Crippen molar-refractivity contribution in [2.45, 2.75) is 19.8 Å². The average Bonchev–Trinajstić information content (AvgIpc) is 2.94. The number of amides is 1. The zero-order valence-electron chi connectivity index (χ0n) is 12.5. The Morgan fingerprint density at radius 3 is 2.65 bits per heavy atom. The summed E-state index contributed by atoms with van der Waals surface area (Å²) in [7, 11) is 1.66. The van der Waals surface area contributed by atoms with Gasteiger partial charge in [-0.15, -0.1) is 0 Å². The van der Waals surface area contributed by atoms with Gasteiger partial charge >= 0.3 is 0 Å². The molecular weight excluding hydrogens is 252 g/mol. The van der Waals surface area contributed by atoms with Gasteiger partial charge in [0, 0.05) is 25.6 Å². The summed E-state index contributed by atoms with van der Waals surface area (Å²) in [6.07, 6.45) is 0. The summed E-state index contributed by atoms with van der Waals surface area (Å²) in [5, 5.41) is 6.37. The Morgan fingerprint density at radius 1 is 1.35 bits per heavy atom. The van der Waals surface area contributed by atoms with E-state index in [9.17, 15) is 4.79 Å². The maximum absolute atomic E-state index is 12.3. The van der Waals surface area contributed by atoms with Gasteiger partial charge in [0.15, 0.2) is 0 Å². The minimum atomic E-state index is 0.0159. The molecule has 0 spiro atoms. The fraction of sp³-hybridized carbons (Fsp3) is 0.562. The largest absolute Gasteiger partial charge is 0.497 e. The van der Waals surface area contributed by atoms with Crippen LogP contribution in [0, 0.1) is 11.8 Å². The van der Waals surface area contributed by atoms with E-state index < -0.39 is 0 Å². The van der Waals surface area contributed by atoms with Gasteiger partial charge in [0.2, 0.25) is 5.91 Å². The van der Waals surface area contributed by atoms with E-state index >= 15 is 0 Å². The average molecular weight is 276 g/mol. The van der Waals surface area contributed by atoms with Crippen LogP contribution in [0.4, 0.5) is 0 Å². The van der Waals surface area contributed by atoms with Crippen LogP contribution in [0.25, 0.3) is 0 Å². The molecule has 1 aromatic carbocycles. The van der Waals surface area contributed by atoms with E-state index in [1.54, 1.807) is 7.11 Å². The predicted molar refractivity (Wildman–Crippen MR) is 79.9 cm³/mol. The van der Waals surface area contributed by atoms with Gasteiger partial charge in [-0.2, -0.15) is 0 Å². The van der Waals surface area contributed by atoms with Gasteiger partial charge in [-0.05, 0) is 23.6 Å². The summed E-state index contributed by atoms with van der Waals surface area (Å²) in [5.74, 6) is 1.74. The van der Waals surface area contributed by atoms with Crippen LogP contribution in [0.3, 0.4) is 0 Å². The highest BCUT2D eigenvalue weighted by molar-refractivity contribution is 5.80. The smallest absolute Gasteiger partial charge is 0.225 e. The molecule has 2 N–H and O–H groups in total. The molecule has 1 aromatic rings. The van der Waals surface area contributed by atoms with Crippen molar-refractivity contribution in [1.82, 2.24) is 10.6 Å². The Labute approximate surface area is 120 Å². The molecule has 1 aliphatic heterocycles. The van der Waals surface area contributed by atoms with Crippen molar-refractivity contribution in [2.24, 2.45) is 11.8 Å². The van der Waals surface area contributed by atoms with Crippen molar-refractivity contribution in [3.8, 4) is 5.75 Å². The predicted octanol–water partition coefficient (Wildman–Crippen LogP) is 1.77. The molecule has 1 fully saturated rings. The van der Waals surface area contributed by atoms with Crippen LogP contribution in [0.1, 0.15) is 25.3 Å². The highest BCUT2D eigenvalue weighted by atomic mass is 16.5. The lowest BCUT2D eigenvalue weighted by Crippen LogP contribution is -2.36. The van der Waals surface area contributed by atoms with E-state index in [0.29, 0.717) is 5.92 Å². The molecule has 4 nitrogen and oxygen atoms in total. The van der Waals surface area contributed by atoms with E-state index in [1.165, 1.54) is 5.56 Å². The van der Waals surface area contributed by atoms with E-state index in [0.717, 1.165) is 25.4 Å². The maximum Gasteiger partial charge on any atom is 0.225 e. The molecule has 1 heterocycles. The SMILES string of the molecule is COc1ccc(C2CNCC2C(=O)NCC(C)C)cc1. The second-order valence-corrected chi connectivity index (χ2v) is 5.78. The van der Waals surface area contributed by atoms with E-state index in [4.69, 9.17) is 4.74 Å². The van der Waals surface area contributed by atoms with E-state index in [1.807, 2.05) is 12.1 Å². The highest BCUT2D eigenvalue weighted by Gasteiger charge is 2.33. The Bertz CT molecular complexity index is 442.